The standard InChI is InChI=1S/C17H26BNO4/c1-16(2)17(3,4)23-18(22-16)13(11-19)9-12-10-14(20-5)7-8-15(12)21-6/h7-10H,11,19H2,1-6H3. The predicted octanol–water partition coefficient (Wildman–Crippen LogP) is 2.68. The molecule has 1 aromatic rings. The molecule has 2 N–H and O–H groups in total. The van der Waals surface area contributed by atoms with E-state index in [1.54, 1.807) is 14.2 Å². The molecule has 0 unspecified atom stereocenters. The highest BCUT2D eigenvalue weighted by atomic mass is 16.7. The van der Waals surface area contributed by atoms with E-state index in [1.807, 2.05) is 52.0 Å². The van der Waals surface area contributed by atoms with Gasteiger partial charge < -0.3 is 24.5 Å². The summed E-state index contributed by atoms with van der Waals surface area (Å²) in [6.45, 7) is 8.41. The van der Waals surface area contributed by atoms with Crippen LogP contribution in [0.15, 0.2) is 23.7 Å². The van der Waals surface area contributed by atoms with Crippen molar-refractivity contribution in [1.29, 1.82) is 0 Å². The summed E-state index contributed by atoms with van der Waals surface area (Å²) in [6.07, 6.45) is 1.95. The van der Waals surface area contributed by atoms with Crippen LogP contribution in [-0.4, -0.2) is 39.1 Å². The highest BCUT2D eigenvalue weighted by Gasteiger charge is 2.52. The first-order chi connectivity index (χ1) is 10.7. The van der Waals surface area contributed by atoms with Crippen molar-refractivity contribution in [2.45, 2.75) is 38.9 Å². The summed E-state index contributed by atoms with van der Waals surface area (Å²) >= 11 is 0. The van der Waals surface area contributed by atoms with Crippen molar-refractivity contribution in [3.63, 3.8) is 0 Å². The Morgan fingerprint density at radius 2 is 1.74 bits per heavy atom. The quantitative estimate of drug-likeness (QED) is 0.846. The van der Waals surface area contributed by atoms with Crippen LogP contribution in [0.5, 0.6) is 11.5 Å². The fourth-order valence-electron chi connectivity index (χ4n) is 2.37. The number of hydrogen-bond donors (Lipinski definition) is 1. The zero-order valence-corrected chi connectivity index (χ0v) is 14.8. The van der Waals surface area contributed by atoms with Crippen LogP contribution in [0, 0.1) is 0 Å². The van der Waals surface area contributed by atoms with E-state index in [4.69, 9.17) is 24.5 Å². The zero-order valence-electron chi connectivity index (χ0n) is 14.8. The third-order valence-electron chi connectivity index (χ3n) is 4.57. The average molecular weight is 319 g/mol. The lowest BCUT2D eigenvalue weighted by molar-refractivity contribution is 0.00578. The number of ether oxygens (including phenoxy) is 2. The van der Waals surface area contributed by atoms with Gasteiger partial charge in [-0.15, -0.1) is 0 Å². The minimum Gasteiger partial charge on any atom is -0.497 e. The van der Waals surface area contributed by atoms with Crippen LogP contribution in [0.2, 0.25) is 0 Å². The predicted molar refractivity (Wildman–Crippen MR) is 92.7 cm³/mol. The second-order valence-corrected chi connectivity index (χ2v) is 6.62. The fourth-order valence-corrected chi connectivity index (χ4v) is 2.37. The Morgan fingerprint density at radius 3 is 2.22 bits per heavy atom. The summed E-state index contributed by atoms with van der Waals surface area (Å²) in [7, 11) is 2.80. The Labute approximate surface area is 138 Å². The van der Waals surface area contributed by atoms with Crippen molar-refractivity contribution in [2.75, 3.05) is 20.8 Å². The van der Waals surface area contributed by atoms with E-state index in [0.717, 1.165) is 22.5 Å². The molecule has 0 saturated carbocycles. The topological polar surface area (TPSA) is 62.9 Å². The lowest BCUT2D eigenvalue weighted by Gasteiger charge is -2.32. The minimum absolute atomic E-state index is 0.331. The van der Waals surface area contributed by atoms with Gasteiger partial charge in [0.1, 0.15) is 11.5 Å². The molecule has 0 aliphatic carbocycles. The van der Waals surface area contributed by atoms with Crippen LogP contribution in [0.4, 0.5) is 0 Å². The molecule has 5 nitrogen and oxygen atoms in total. The molecule has 126 valence electrons. The van der Waals surface area contributed by atoms with Crippen molar-refractivity contribution in [3.05, 3.63) is 29.2 Å². The van der Waals surface area contributed by atoms with E-state index in [-0.39, 0.29) is 0 Å². The lowest BCUT2D eigenvalue weighted by Crippen LogP contribution is -2.41. The third-order valence-corrected chi connectivity index (χ3v) is 4.57. The molecule has 0 radical (unpaired) electrons. The van der Waals surface area contributed by atoms with Crippen molar-refractivity contribution in [2.24, 2.45) is 5.73 Å². The highest BCUT2D eigenvalue weighted by molar-refractivity contribution is 6.55. The van der Waals surface area contributed by atoms with Gasteiger partial charge in [-0.1, -0.05) is 6.08 Å². The van der Waals surface area contributed by atoms with Gasteiger partial charge in [0.15, 0.2) is 0 Å². The summed E-state index contributed by atoms with van der Waals surface area (Å²) in [5, 5.41) is 0. The molecule has 1 aromatic carbocycles. The molecule has 1 saturated heterocycles. The summed E-state index contributed by atoms with van der Waals surface area (Å²) in [5.41, 5.74) is 6.88. The zero-order chi connectivity index (χ0) is 17.3. The van der Waals surface area contributed by atoms with Crippen molar-refractivity contribution >= 4 is 13.2 Å². The first kappa shape index (κ1) is 17.9. The van der Waals surface area contributed by atoms with Crippen molar-refractivity contribution < 1.29 is 18.8 Å². The van der Waals surface area contributed by atoms with E-state index in [0.29, 0.717) is 6.54 Å². The summed E-state index contributed by atoms with van der Waals surface area (Å²) in [6, 6.07) is 5.62. The Hall–Kier alpha value is -1.50. The Kier molecular flexibility index (Phi) is 5.09. The fraction of sp³-hybridized carbons (Fsp3) is 0.529. The molecular formula is C17H26BNO4. The van der Waals surface area contributed by atoms with Crippen LogP contribution >= 0.6 is 0 Å². The maximum Gasteiger partial charge on any atom is 0.491 e. The van der Waals surface area contributed by atoms with Gasteiger partial charge >= 0.3 is 7.12 Å². The van der Waals surface area contributed by atoms with E-state index < -0.39 is 18.3 Å². The summed E-state index contributed by atoms with van der Waals surface area (Å²) < 4.78 is 22.8. The molecule has 0 amide bonds. The van der Waals surface area contributed by atoms with E-state index in [2.05, 4.69) is 0 Å². The molecule has 1 heterocycles. The molecule has 0 bridgehead atoms. The second kappa shape index (κ2) is 6.55. The smallest absolute Gasteiger partial charge is 0.491 e. The van der Waals surface area contributed by atoms with Crippen molar-refractivity contribution in [1.82, 2.24) is 0 Å². The first-order valence-electron chi connectivity index (χ1n) is 7.72. The lowest BCUT2D eigenvalue weighted by atomic mass is 9.77. The van der Waals surface area contributed by atoms with Gasteiger partial charge in [0.2, 0.25) is 0 Å². The highest BCUT2D eigenvalue weighted by Crippen LogP contribution is 2.39. The van der Waals surface area contributed by atoms with Crippen LogP contribution in [-0.2, 0) is 9.31 Å². The van der Waals surface area contributed by atoms with Crippen LogP contribution in [0.25, 0.3) is 6.08 Å². The van der Waals surface area contributed by atoms with Crippen molar-refractivity contribution in [3.8, 4) is 11.5 Å². The van der Waals surface area contributed by atoms with Crippen LogP contribution in [0.1, 0.15) is 33.3 Å². The SMILES string of the molecule is COc1ccc(OC)c(C=C(CN)B2OC(C)(C)C(C)(C)O2)c1. The monoisotopic (exact) mass is 319 g/mol. The molecule has 1 fully saturated rings. The molecule has 1 aliphatic heterocycles. The Morgan fingerprint density at radius 1 is 1.13 bits per heavy atom. The van der Waals surface area contributed by atoms with E-state index in [9.17, 15) is 0 Å². The largest absolute Gasteiger partial charge is 0.497 e. The number of methoxy groups -OCH3 is 2. The van der Waals surface area contributed by atoms with Gasteiger partial charge in [-0.05, 0) is 51.4 Å². The summed E-state index contributed by atoms with van der Waals surface area (Å²) in [4.78, 5) is 0. The van der Waals surface area contributed by atoms with E-state index >= 15 is 0 Å². The first-order valence-corrected chi connectivity index (χ1v) is 7.72. The summed E-state index contributed by atoms with van der Waals surface area (Å²) in [5.74, 6) is 1.50. The van der Waals surface area contributed by atoms with Gasteiger partial charge in [-0.2, -0.15) is 0 Å². The molecule has 0 aromatic heterocycles. The Bertz CT molecular complexity index is 582. The minimum atomic E-state index is -0.471. The third kappa shape index (κ3) is 3.55. The molecule has 6 heteroatoms. The molecule has 0 spiro atoms. The molecule has 1 aliphatic rings. The molecule has 2 rings (SSSR count). The van der Waals surface area contributed by atoms with Gasteiger partial charge in [-0.25, -0.2) is 0 Å². The van der Waals surface area contributed by atoms with Gasteiger partial charge in [-0.3, -0.25) is 0 Å². The maximum atomic E-state index is 6.08. The normalized spacial score (nSPS) is 19.8. The van der Waals surface area contributed by atoms with Crippen LogP contribution < -0.4 is 15.2 Å². The number of nitrogens with two attached hydrogens (primary N) is 1. The maximum absolute atomic E-state index is 6.08. The van der Waals surface area contributed by atoms with E-state index in [1.165, 1.54) is 0 Å². The van der Waals surface area contributed by atoms with Gasteiger partial charge in [0, 0.05) is 12.1 Å². The van der Waals surface area contributed by atoms with Crippen LogP contribution in [0.3, 0.4) is 0 Å². The van der Waals surface area contributed by atoms with Gasteiger partial charge in [0.25, 0.3) is 0 Å². The number of benzene rings is 1. The molecular weight excluding hydrogens is 293 g/mol. The van der Waals surface area contributed by atoms with Gasteiger partial charge in [0.05, 0.1) is 25.4 Å². The average Bonchev–Trinajstić information content (AvgIpc) is 2.72. The molecule has 0 atom stereocenters. The second-order valence-electron chi connectivity index (χ2n) is 6.62. The number of hydrogen-bond acceptors (Lipinski definition) is 5. The number of rotatable bonds is 5. The molecule has 23 heavy (non-hydrogen) atoms. The Balaban J connectivity index is 2.37.